The van der Waals surface area contributed by atoms with Crippen LogP contribution in [0.4, 0.5) is 0 Å². The summed E-state index contributed by atoms with van der Waals surface area (Å²) in [4.78, 5) is 18.0. The molecule has 2 aromatic carbocycles. The summed E-state index contributed by atoms with van der Waals surface area (Å²) in [5.74, 6) is 1.33. The van der Waals surface area contributed by atoms with Crippen molar-refractivity contribution in [3.63, 3.8) is 0 Å². The molecule has 0 saturated carbocycles. The van der Waals surface area contributed by atoms with Gasteiger partial charge in [0, 0.05) is 37.8 Å². The molecule has 7 nitrogen and oxygen atoms in total. The van der Waals surface area contributed by atoms with Gasteiger partial charge in [0.05, 0.1) is 5.69 Å². The highest BCUT2D eigenvalue weighted by Crippen LogP contribution is 2.30. The predicted octanol–water partition coefficient (Wildman–Crippen LogP) is 2.71. The van der Waals surface area contributed by atoms with Crippen LogP contribution in [0.1, 0.15) is 34.6 Å². The van der Waals surface area contributed by atoms with Crippen molar-refractivity contribution in [1.82, 2.24) is 30.0 Å². The lowest BCUT2D eigenvalue weighted by molar-refractivity contribution is 0.0736. The summed E-state index contributed by atoms with van der Waals surface area (Å²) in [6.07, 6.45) is 2.36. The first-order chi connectivity index (χ1) is 14.7. The second-order valence-corrected chi connectivity index (χ2v) is 8.41. The van der Waals surface area contributed by atoms with E-state index >= 15 is 0 Å². The Labute approximate surface area is 176 Å². The van der Waals surface area contributed by atoms with Gasteiger partial charge in [-0.05, 0) is 59.9 Å². The molecule has 6 rings (SSSR count). The standard InChI is InChI=1S/C23H26N6O/c1-17-24-25-26-29(17)21-9-5-8-20(12-21)23(30)28-15-19-10-11-22(16-28)27(14-19)13-18-6-3-2-4-7-18/h2-9,12,19,22H,10-11,13-16H2,1H3. The van der Waals surface area contributed by atoms with Crippen LogP contribution in [-0.2, 0) is 6.54 Å². The number of nitrogens with zero attached hydrogens (tertiary/aromatic N) is 6. The number of piperidine rings is 1. The molecule has 2 atom stereocenters. The molecule has 0 radical (unpaired) electrons. The highest BCUT2D eigenvalue weighted by molar-refractivity contribution is 5.94. The molecule has 0 N–H and O–H groups in total. The summed E-state index contributed by atoms with van der Waals surface area (Å²) in [5.41, 5.74) is 2.84. The van der Waals surface area contributed by atoms with Gasteiger partial charge in [0.25, 0.3) is 5.91 Å². The number of benzene rings is 2. The number of hydrogen-bond donors (Lipinski definition) is 0. The van der Waals surface area contributed by atoms with Gasteiger partial charge in [-0.15, -0.1) is 5.10 Å². The molecule has 3 aliphatic heterocycles. The number of aromatic nitrogens is 4. The zero-order valence-electron chi connectivity index (χ0n) is 17.2. The molecule has 3 saturated heterocycles. The van der Waals surface area contributed by atoms with Crippen molar-refractivity contribution in [3.05, 3.63) is 71.5 Å². The maximum atomic E-state index is 13.4. The van der Waals surface area contributed by atoms with Crippen molar-refractivity contribution < 1.29 is 4.79 Å². The summed E-state index contributed by atoms with van der Waals surface area (Å²) in [6.45, 7) is 5.48. The van der Waals surface area contributed by atoms with E-state index in [0.717, 1.165) is 38.3 Å². The van der Waals surface area contributed by atoms with Gasteiger partial charge in [-0.1, -0.05) is 36.4 Å². The van der Waals surface area contributed by atoms with Crippen molar-refractivity contribution in [2.24, 2.45) is 5.92 Å². The van der Waals surface area contributed by atoms with E-state index < -0.39 is 0 Å². The van der Waals surface area contributed by atoms with E-state index in [0.29, 0.717) is 23.3 Å². The molecule has 2 unspecified atom stereocenters. The first-order valence-electron chi connectivity index (χ1n) is 10.6. The summed E-state index contributed by atoms with van der Waals surface area (Å²) in [6, 6.07) is 18.6. The Morgan fingerprint density at radius 1 is 1.03 bits per heavy atom. The Balaban J connectivity index is 1.34. The summed E-state index contributed by atoms with van der Waals surface area (Å²) < 4.78 is 1.66. The van der Waals surface area contributed by atoms with Gasteiger partial charge in [-0.2, -0.15) is 4.68 Å². The van der Waals surface area contributed by atoms with E-state index in [9.17, 15) is 4.79 Å². The molecule has 154 valence electrons. The van der Waals surface area contributed by atoms with Crippen LogP contribution in [0.25, 0.3) is 5.69 Å². The molecule has 1 amide bonds. The molecule has 3 fully saturated rings. The first kappa shape index (κ1) is 18.9. The van der Waals surface area contributed by atoms with Crippen LogP contribution in [0.2, 0.25) is 0 Å². The van der Waals surface area contributed by atoms with E-state index in [2.05, 4.69) is 55.7 Å². The fourth-order valence-corrected chi connectivity index (χ4v) is 4.78. The van der Waals surface area contributed by atoms with Crippen molar-refractivity contribution >= 4 is 5.91 Å². The third kappa shape index (κ3) is 3.73. The third-order valence-corrected chi connectivity index (χ3v) is 6.31. The molecule has 3 aliphatic rings. The molecule has 1 aromatic heterocycles. The van der Waals surface area contributed by atoms with Gasteiger partial charge in [0.1, 0.15) is 0 Å². The van der Waals surface area contributed by atoms with Crippen LogP contribution < -0.4 is 0 Å². The minimum Gasteiger partial charge on any atom is -0.337 e. The van der Waals surface area contributed by atoms with Gasteiger partial charge in [0.2, 0.25) is 0 Å². The van der Waals surface area contributed by atoms with Crippen LogP contribution in [0.5, 0.6) is 0 Å². The Kier molecular flexibility index (Phi) is 5.04. The zero-order chi connectivity index (χ0) is 20.5. The highest BCUT2D eigenvalue weighted by Gasteiger charge is 2.36. The Bertz CT molecular complexity index is 1030. The van der Waals surface area contributed by atoms with E-state index in [1.54, 1.807) is 4.68 Å². The maximum absolute atomic E-state index is 13.4. The lowest BCUT2D eigenvalue weighted by Crippen LogP contribution is -2.43. The van der Waals surface area contributed by atoms with Crippen molar-refractivity contribution in [2.75, 3.05) is 19.6 Å². The van der Waals surface area contributed by atoms with Crippen LogP contribution in [-0.4, -0.2) is 61.6 Å². The zero-order valence-corrected chi connectivity index (χ0v) is 17.2. The second-order valence-electron chi connectivity index (χ2n) is 8.41. The van der Waals surface area contributed by atoms with E-state index in [-0.39, 0.29) is 5.91 Å². The van der Waals surface area contributed by atoms with E-state index in [1.807, 2.05) is 31.2 Å². The number of rotatable bonds is 4. The van der Waals surface area contributed by atoms with Crippen molar-refractivity contribution in [2.45, 2.75) is 32.4 Å². The number of carbonyl (C=O) groups is 1. The molecule has 2 bridgehead atoms. The van der Waals surface area contributed by atoms with Crippen LogP contribution >= 0.6 is 0 Å². The Hall–Kier alpha value is -3.06. The Morgan fingerprint density at radius 3 is 2.70 bits per heavy atom. The average Bonchev–Trinajstić information content (AvgIpc) is 3.00. The normalized spacial score (nSPS) is 21.6. The number of fused-ring (bicyclic) bond motifs is 4. The molecule has 3 aromatic rings. The monoisotopic (exact) mass is 402 g/mol. The molecule has 0 spiro atoms. The summed E-state index contributed by atoms with van der Waals surface area (Å²) >= 11 is 0. The van der Waals surface area contributed by atoms with E-state index in [4.69, 9.17) is 0 Å². The fraction of sp³-hybridized carbons (Fsp3) is 0.391. The maximum Gasteiger partial charge on any atom is 0.253 e. The lowest BCUT2D eigenvalue weighted by atomic mass is 9.94. The van der Waals surface area contributed by atoms with Gasteiger partial charge in [-0.3, -0.25) is 9.69 Å². The summed E-state index contributed by atoms with van der Waals surface area (Å²) in [7, 11) is 0. The molecule has 30 heavy (non-hydrogen) atoms. The Morgan fingerprint density at radius 2 is 1.90 bits per heavy atom. The summed E-state index contributed by atoms with van der Waals surface area (Å²) in [5, 5.41) is 11.7. The quantitative estimate of drug-likeness (QED) is 0.671. The fourth-order valence-electron chi connectivity index (χ4n) is 4.78. The van der Waals surface area contributed by atoms with Gasteiger partial charge >= 0.3 is 0 Å². The number of aryl methyl sites for hydroxylation is 1. The van der Waals surface area contributed by atoms with Crippen LogP contribution in [0, 0.1) is 12.8 Å². The van der Waals surface area contributed by atoms with Crippen LogP contribution in [0.15, 0.2) is 54.6 Å². The highest BCUT2D eigenvalue weighted by atomic mass is 16.2. The van der Waals surface area contributed by atoms with E-state index in [1.165, 1.54) is 12.0 Å². The first-order valence-corrected chi connectivity index (χ1v) is 10.6. The molecular formula is C23H26N6O. The SMILES string of the molecule is Cc1nnnn1-c1cccc(C(=O)N2CC3CCC(C2)N(Cc2ccccc2)C3)c1. The minimum atomic E-state index is 0.0982. The smallest absolute Gasteiger partial charge is 0.253 e. The van der Waals surface area contributed by atoms with Crippen molar-refractivity contribution in [1.29, 1.82) is 0 Å². The van der Waals surface area contributed by atoms with Gasteiger partial charge in [0.15, 0.2) is 5.82 Å². The van der Waals surface area contributed by atoms with Crippen molar-refractivity contribution in [3.8, 4) is 5.69 Å². The largest absolute Gasteiger partial charge is 0.337 e. The number of carbonyl (C=O) groups excluding carboxylic acids is 1. The number of tetrazole rings is 1. The number of hydrogen-bond acceptors (Lipinski definition) is 5. The lowest BCUT2D eigenvalue weighted by Gasteiger charge is -2.36. The molecule has 4 heterocycles. The predicted molar refractivity (Wildman–Crippen MR) is 113 cm³/mol. The number of amides is 1. The van der Waals surface area contributed by atoms with Gasteiger partial charge in [-0.25, -0.2) is 0 Å². The van der Waals surface area contributed by atoms with Gasteiger partial charge < -0.3 is 4.90 Å². The molecule has 7 heteroatoms. The minimum absolute atomic E-state index is 0.0982. The molecular weight excluding hydrogens is 376 g/mol. The topological polar surface area (TPSA) is 67.2 Å². The molecule has 0 aliphatic carbocycles. The average molecular weight is 403 g/mol. The van der Waals surface area contributed by atoms with Crippen LogP contribution in [0.3, 0.4) is 0 Å². The third-order valence-electron chi connectivity index (χ3n) is 6.31. The second kappa shape index (κ2) is 7.99.